The molecule has 0 spiro atoms. The lowest BCUT2D eigenvalue weighted by molar-refractivity contribution is 0.208. The summed E-state index contributed by atoms with van der Waals surface area (Å²) in [5.41, 5.74) is 3.11. The average Bonchev–Trinajstić information content (AvgIpc) is 3.41. The molecule has 1 saturated heterocycles. The summed E-state index contributed by atoms with van der Waals surface area (Å²) in [5.74, 6) is 0.874. The van der Waals surface area contributed by atoms with Gasteiger partial charge in [0.25, 0.3) is 0 Å². The molecule has 1 aromatic carbocycles. The average molecular weight is 284 g/mol. The van der Waals surface area contributed by atoms with Crippen LogP contribution < -0.4 is 5.32 Å². The van der Waals surface area contributed by atoms with E-state index in [1.807, 2.05) is 0 Å². The molecule has 4 rings (SSSR count). The minimum Gasteiger partial charge on any atom is -0.313 e. The maximum absolute atomic E-state index is 3.72. The first kappa shape index (κ1) is 13.8. The van der Waals surface area contributed by atoms with Gasteiger partial charge in [-0.2, -0.15) is 0 Å². The van der Waals surface area contributed by atoms with E-state index in [9.17, 15) is 0 Å². The highest BCUT2D eigenvalue weighted by atomic mass is 15.2. The lowest BCUT2D eigenvalue weighted by Gasteiger charge is -2.30. The SMILES string of the molecule is c1cc(CN(CC2CCCCN2)C2CC2)cc(C2CC2)c1. The number of hydrogen-bond acceptors (Lipinski definition) is 2. The van der Waals surface area contributed by atoms with Gasteiger partial charge in [-0.15, -0.1) is 0 Å². The quantitative estimate of drug-likeness (QED) is 0.857. The Bertz CT molecular complexity index is 470. The van der Waals surface area contributed by atoms with Gasteiger partial charge in [-0.25, -0.2) is 0 Å². The maximum atomic E-state index is 3.72. The van der Waals surface area contributed by atoms with Crippen molar-refractivity contribution >= 4 is 0 Å². The second-order valence-corrected chi connectivity index (χ2v) is 7.33. The predicted molar refractivity (Wildman–Crippen MR) is 87.5 cm³/mol. The van der Waals surface area contributed by atoms with E-state index in [4.69, 9.17) is 0 Å². The largest absolute Gasteiger partial charge is 0.313 e. The Morgan fingerprint density at radius 2 is 1.95 bits per heavy atom. The molecule has 2 nitrogen and oxygen atoms in total. The van der Waals surface area contributed by atoms with Gasteiger partial charge in [-0.1, -0.05) is 30.7 Å². The van der Waals surface area contributed by atoms with Crippen LogP contribution in [0.2, 0.25) is 0 Å². The highest BCUT2D eigenvalue weighted by Gasteiger charge is 2.31. The number of piperidine rings is 1. The highest BCUT2D eigenvalue weighted by molar-refractivity contribution is 5.29. The second-order valence-electron chi connectivity index (χ2n) is 7.33. The zero-order valence-corrected chi connectivity index (χ0v) is 13.1. The summed E-state index contributed by atoms with van der Waals surface area (Å²) in [6.45, 7) is 3.63. The molecule has 2 aliphatic carbocycles. The monoisotopic (exact) mass is 284 g/mol. The van der Waals surface area contributed by atoms with Crippen LogP contribution in [-0.2, 0) is 6.54 Å². The van der Waals surface area contributed by atoms with Crippen LogP contribution in [0.15, 0.2) is 24.3 Å². The zero-order valence-electron chi connectivity index (χ0n) is 13.1. The van der Waals surface area contributed by atoms with Crippen molar-refractivity contribution in [2.45, 2.75) is 69.5 Å². The van der Waals surface area contributed by atoms with Gasteiger partial charge in [0.1, 0.15) is 0 Å². The fraction of sp³-hybridized carbons (Fsp3) is 0.684. The third-order valence-electron chi connectivity index (χ3n) is 5.32. The van der Waals surface area contributed by atoms with Gasteiger partial charge in [0.2, 0.25) is 0 Å². The summed E-state index contributed by atoms with van der Waals surface area (Å²) >= 11 is 0. The van der Waals surface area contributed by atoms with Crippen molar-refractivity contribution in [2.75, 3.05) is 13.1 Å². The summed E-state index contributed by atoms with van der Waals surface area (Å²) in [6.07, 6.45) is 9.77. The molecule has 0 amide bonds. The van der Waals surface area contributed by atoms with E-state index in [-0.39, 0.29) is 0 Å². The summed E-state index contributed by atoms with van der Waals surface area (Å²) < 4.78 is 0. The van der Waals surface area contributed by atoms with Crippen LogP contribution in [-0.4, -0.2) is 30.1 Å². The number of nitrogens with zero attached hydrogens (tertiary/aromatic N) is 1. The van der Waals surface area contributed by atoms with E-state index in [1.165, 1.54) is 63.6 Å². The molecule has 21 heavy (non-hydrogen) atoms. The Kier molecular flexibility index (Phi) is 4.00. The van der Waals surface area contributed by atoms with Crippen LogP contribution in [0, 0.1) is 0 Å². The lowest BCUT2D eigenvalue weighted by Crippen LogP contribution is -2.44. The first-order valence-electron chi connectivity index (χ1n) is 8.95. The van der Waals surface area contributed by atoms with Crippen molar-refractivity contribution in [3.05, 3.63) is 35.4 Å². The first-order valence-corrected chi connectivity index (χ1v) is 8.95. The third kappa shape index (κ3) is 3.67. The van der Waals surface area contributed by atoms with Gasteiger partial charge in [0.05, 0.1) is 0 Å². The van der Waals surface area contributed by atoms with Crippen LogP contribution in [0.1, 0.15) is 62.0 Å². The van der Waals surface area contributed by atoms with Crippen LogP contribution in [0.4, 0.5) is 0 Å². The second kappa shape index (κ2) is 6.10. The Hall–Kier alpha value is -0.860. The summed E-state index contributed by atoms with van der Waals surface area (Å²) in [5, 5.41) is 3.72. The molecule has 0 aromatic heterocycles. The van der Waals surface area contributed by atoms with E-state index in [0.717, 1.165) is 24.5 Å². The molecule has 114 valence electrons. The van der Waals surface area contributed by atoms with Crippen molar-refractivity contribution in [2.24, 2.45) is 0 Å². The predicted octanol–water partition coefficient (Wildman–Crippen LogP) is 3.67. The van der Waals surface area contributed by atoms with Crippen molar-refractivity contribution in [3.8, 4) is 0 Å². The molecule has 0 bridgehead atoms. The number of nitrogens with one attached hydrogen (secondary N) is 1. The zero-order chi connectivity index (χ0) is 14.1. The molecular formula is C19H28N2. The summed E-state index contributed by atoms with van der Waals surface area (Å²) in [7, 11) is 0. The van der Waals surface area contributed by atoms with E-state index in [1.54, 1.807) is 5.56 Å². The van der Waals surface area contributed by atoms with Crippen LogP contribution in [0.25, 0.3) is 0 Å². The van der Waals surface area contributed by atoms with Gasteiger partial charge in [-0.3, -0.25) is 4.90 Å². The van der Waals surface area contributed by atoms with Crippen LogP contribution >= 0.6 is 0 Å². The molecule has 1 aromatic rings. The number of benzene rings is 1. The number of rotatable bonds is 6. The molecule has 1 N–H and O–H groups in total. The minimum absolute atomic E-state index is 0.728. The van der Waals surface area contributed by atoms with Gasteiger partial charge >= 0.3 is 0 Å². The number of hydrogen-bond donors (Lipinski definition) is 1. The fourth-order valence-electron chi connectivity index (χ4n) is 3.74. The molecule has 1 heterocycles. The van der Waals surface area contributed by atoms with Crippen molar-refractivity contribution in [1.82, 2.24) is 10.2 Å². The third-order valence-corrected chi connectivity index (χ3v) is 5.32. The molecule has 0 radical (unpaired) electrons. The molecule has 1 unspecified atom stereocenters. The molecular weight excluding hydrogens is 256 g/mol. The van der Waals surface area contributed by atoms with Gasteiger partial charge in [0.15, 0.2) is 0 Å². The highest BCUT2D eigenvalue weighted by Crippen LogP contribution is 2.40. The normalized spacial score (nSPS) is 26.2. The first-order chi connectivity index (χ1) is 10.4. The Balaban J connectivity index is 1.40. The summed E-state index contributed by atoms with van der Waals surface area (Å²) in [4.78, 5) is 2.75. The molecule has 1 atom stereocenters. The van der Waals surface area contributed by atoms with Gasteiger partial charge in [0, 0.05) is 25.2 Å². The Morgan fingerprint density at radius 1 is 1.05 bits per heavy atom. The van der Waals surface area contributed by atoms with E-state index >= 15 is 0 Å². The Labute approximate surface area is 128 Å². The topological polar surface area (TPSA) is 15.3 Å². The van der Waals surface area contributed by atoms with Crippen molar-refractivity contribution in [1.29, 1.82) is 0 Å². The Morgan fingerprint density at radius 3 is 2.67 bits per heavy atom. The van der Waals surface area contributed by atoms with Crippen molar-refractivity contribution < 1.29 is 0 Å². The standard InChI is InChI=1S/C19H28N2/c1-2-11-20-18(6-1)14-21(19-9-10-19)13-15-4-3-5-17(12-15)16-7-8-16/h3-5,12,16,18-20H,1-2,6-11,13-14H2. The van der Waals surface area contributed by atoms with E-state index in [2.05, 4.69) is 34.5 Å². The van der Waals surface area contributed by atoms with Crippen LogP contribution in [0.3, 0.4) is 0 Å². The lowest BCUT2D eigenvalue weighted by atomic mass is 10.0. The smallest absolute Gasteiger partial charge is 0.0237 e. The molecule has 2 saturated carbocycles. The maximum Gasteiger partial charge on any atom is 0.0237 e. The van der Waals surface area contributed by atoms with Gasteiger partial charge in [-0.05, 0) is 62.1 Å². The van der Waals surface area contributed by atoms with E-state index < -0.39 is 0 Å². The van der Waals surface area contributed by atoms with Gasteiger partial charge < -0.3 is 5.32 Å². The minimum atomic E-state index is 0.728. The molecule has 3 fully saturated rings. The fourth-order valence-corrected chi connectivity index (χ4v) is 3.74. The van der Waals surface area contributed by atoms with Crippen molar-refractivity contribution in [3.63, 3.8) is 0 Å². The van der Waals surface area contributed by atoms with E-state index in [0.29, 0.717) is 0 Å². The summed E-state index contributed by atoms with van der Waals surface area (Å²) in [6, 6.07) is 11.0. The molecule has 3 aliphatic rings. The molecule has 2 heteroatoms. The molecule has 1 aliphatic heterocycles. The van der Waals surface area contributed by atoms with Crippen LogP contribution in [0.5, 0.6) is 0 Å².